The maximum absolute atomic E-state index is 11.5. The van der Waals surface area contributed by atoms with E-state index in [9.17, 15) is 19.2 Å². The number of amides is 4. The molecule has 0 spiro atoms. The molecule has 0 atom stereocenters. The van der Waals surface area contributed by atoms with E-state index in [1.165, 1.54) is 6.92 Å². The van der Waals surface area contributed by atoms with Gasteiger partial charge in [-0.25, -0.2) is 4.79 Å². The zero-order valence-corrected chi connectivity index (χ0v) is 12.1. The summed E-state index contributed by atoms with van der Waals surface area (Å²) in [6.45, 7) is 0.969. The van der Waals surface area contributed by atoms with E-state index >= 15 is 0 Å². The van der Waals surface area contributed by atoms with E-state index < -0.39 is 24.5 Å². The maximum atomic E-state index is 11.5. The molecule has 1 rings (SSSR count). The van der Waals surface area contributed by atoms with E-state index in [1.54, 1.807) is 0 Å². The van der Waals surface area contributed by atoms with E-state index in [-0.39, 0.29) is 24.9 Å². The minimum Gasteiger partial charge on any atom is -0.456 e. The van der Waals surface area contributed by atoms with Gasteiger partial charge in [0, 0.05) is 19.5 Å². The molecule has 0 aliphatic heterocycles. The highest BCUT2D eigenvalue weighted by atomic mass is 16.5. The second kappa shape index (κ2) is 8.93. The molecule has 1 fully saturated rings. The Morgan fingerprint density at radius 2 is 1.81 bits per heavy atom. The fourth-order valence-corrected chi connectivity index (χ4v) is 2.01. The van der Waals surface area contributed by atoms with Crippen LogP contribution in [-0.2, 0) is 19.1 Å². The number of imide groups is 1. The van der Waals surface area contributed by atoms with Gasteiger partial charge in [-0.2, -0.15) is 0 Å². The van der Waals surface area contributed by atoms with Crippen molar-refractivity contribution in [3.63, 3.8) is 0 Å². The van der Waals surface area contributed by atoms with Crippen molar-refractivity contribution in [1.82, 2.24) is 16.0 Å². The minimum absolute atomic E-state index is 0.0267. The van der Waals surface area contributed by atoms with Crippen LogP contribution in [0.2, 0.25) is 0 Å². The molecule has 8 heteroatoms. The number of carbonyl (C=O) groups excluding carboxylic acids is 4. The van der Waals surface area contributed by atoms with E-state index in [1.807, 2.05) is 0 Å². The molecule has 4 amide bonds. The van der Waals surface area contributed by atoms with E-state index in [0.29, 0.717) is 0 Å². The quantitative estimate of drug-likeness (QED) is 0.589. The Bertz CT molecular complexity index is 405. The van der Waals surface area contributed by atoms with Crippen LogP contribution in [0.15, 0.2) is 0 Å². The summed E-state index contributed by atoms with van der Waals surface area (Å²) in [6.07, 6.45) is 3.95. The number of rotatable bonds is 6. The second-order valence-electron chi connectivity index (χ2n) is 4.90. The number of hydrogen-bond acceptors (Lipinski definition) is 5. The highest BCUT2D eigenvalue weighted by molar-refractivity contribution is 5.95. The lowest BCUT2D eigenvalue weighted by Crippen LogP contribution is -2.45. The molecule has 1 aliphatic carbocycles. The molecule has 0 unspecified atom stereocenters. The Morgan fingerprint density at radius 1 is 1.14 bits per heavy atom. The molecule has 0 saturated heterocycles. The zero-order valence-electron chi connectivity index (χ0n) is 12.1. The first-order chi connectivity index (χ1) is 9.97. The molecule has 8 nitrogen and oxygen atoms in total. The Kier molecular flexibility index (Phi) is 7.20. The van der Waals surface area contributed by atoms with Crippen molar-refractivity contribution in [2.45, 2.75) is 45.1 Å². The van der Waals surface area contributed by atoms with Gasteiger partial charge in [0.2, 0.25) is 5.91 Å². The van der Waals surface area contributed by atoms with Crippen LogP contribution in [0, 0.1) is 0 Å². The van der Waals surface area contributed by atoms with Crippen LogP contribution in [0.5, 0.6) is 0 Å². The highest BCUT2D eigenvalue weighted by Crippen LogP contribution is 2.17. The van der Waals surface area contributed by atoms with E-state index in [0.717, 1.165) is 25.7 Å². The molecular formula is C13H21N3O5. The molecule has 0 heterocycles. The lowest BCUT2D eigenvalue weighted by Gasteiger charge is -2.12. The van der Waals surface area contributed by atoms with Crippen LogP contribution in [0.25, 0.3) is 0 Å². The summed E-state index contributed by atoms with van der Waals surface area (Å²) in [6, 6.07) is -0.459. The molecular weight excluding hydrogens is 278 g/mol. The van der Waals surface area contributed by atoms with E-state index in [2.05, 4.69) is 20.7 Å². The standard InChI is InChI=1S/C13H21N3O5/c1-9(17)14-7-6-12(19)21-8-11(18)16-13(20)15-10-4-2-3-5-10/h10H,2-8H2,1H3,(H,14,17)(H2,15,16,18,20). The second-order valence-corrected chi connectivity index (χ2v) is 4.90. The first kappa shape index (κ1) is 16.9. The van der Waals surface area contributed by atoms with Gasteiger partial charge >= 0.3 is 12.0 Å². The summed E-state index contributed by atoms with van der Waals surface area (Å²) in [7, 11) is 0. The van der Waals surface area contributed by atoms with Gasteiger partial charge in [-0.1, -0.05) is 12.8 Å². The minimum atomic E-state index is -0.682. The fraction of sp³-hybridized carbons (Fsp3) is 0.692. The number of urea groups is 1. The van der Waals surface area contributed by atoms with Crippen molar-refractivity contribution in [3.05, 3.63) is 0 Å². The van der Waals surface area contributed by atoms with Gasteiger partial charge in [0.25, 0.3) is 5.91 Å². The van der Waals surface area contributed by atoms with Gasteiger partial charge in [0.05, 0.1) is 6.42 Å². The first-order valence-corrected chi connectivity index (χ1v) is 6.98. The maximum Gasteiger partial charge on any atom is 0.321 e. The molecule has 1 saturated carbocycles. The first-order valence-electron chi connectivity index (χ1n) is 6.98. The van der Waals surface area contributed by atoms with Crippen LogP contribution >= 0.6 is 0 Å². The SMILES string of the molecule is CC(=O)NCCC(=O)OCC(=O)NC(=O)NC1CCCC1. The summed E-state index contributed by atoms with van der Waals surface area (Å²) in [5, 5.41) is 7.22. The summed E-state index contributed by atoms with van der Waals surface area (Å²) in [4.78, 5) is 44.7. The van der Waals surface area contributed by atoms with Gasteiger partial charge in [0.15, 0.2) is 6.61 Å². The van der Waals surface area contributed by atoms with Gasteiger partial charge < -0.3 is 15.4 Å². The summed E-state index contributed by atoms with van der Waals surface area (Å²) in [5.74, 6) is -1.54. The third-order valence-electron chi connectivity index (χ3n) is 3.01. The Morgan fingerprint density at radius 3 is 2.43 bits per heavy atom. The number of carbonyl (C=O) groups is 4. The Labute approximate surface area is 123 Å². The topological polar surface area (TPSA) is 114 Å². The van der Waals surface area contributed by atoms with Gasteiger partial charge in [-0.3, -0.25) is 19.7 Å². The van der Waals surface area contributed by atoms with Crippen molar-refractivity contribution < 1.29 is 23.9 Å². The Hall–Kier alpha value is -2.12. The van der Waals surface area contributed by atoms with Gasteiger partial charge in [-0.15, -0.1) is 0 Å². The molecule has 0 radical (unpaired) electrons. The molecule has 0 bridgehead atoms. The van der Waals surface area contributed by atoms with Crippen LogP contribution in [0.4, 0.5) is 4.79 Å². The Balaban J connectivity index is 2.10. The lowest BCUT2D eigenvalue weighted by atomic mass is 10.2. The van der Waals surface area contributed by atoms with Crippen molar-refractivity contribution >= 4 is 23.8 Å². The number of nitrogens with one attached hydrogen (secondary N) is 3. The molecule has 1 aliphatic rings. The molecule has 0 aromatic rings. The monoisotopic (exact) mass is 299 g/mol. The van der Waals surface area contributed by atoms with Gasteiger partial charge in [-0.05, 0) is 12.8 Å². The van der Waals surface area contributed by atoms with Crippen molar-refractivity contribution in [2.75, 3.05) is 13.2 Å². The lowest BCUT2D eigenvalue weighted by molar-refractivity contribution is -0.148. The predicted octanol–water partition coefficient (Wildman–Crippen LogP) is -0.176. The number of ether oxygens (including phenoxy) is 1. The average molecular weight is 299 g/mol. The normalized spacial score (nSPS) is 14.3. The van der Waals surface area contributed by atoms with Crippen LogP contribution in [0.3, 0.4) is 0 Å². The zero-order chi connectivity index (χ0) is 15.7. The smallest absolute Gasteiger partial charge is 0.321 e. The van der Waals surface area contributed by atoms with Gasteiger partial charge in [0.1, 0.15) is 0 Å². The molecule has 3 N–H and O–H groups in total. The predicted molar refractivity (Wildman–Crippen MR) is 73.2 cm³/mol. The van der Waals surface area contributed by atoms with Crippen LogP contribution < -0.4 is 16.0 Å². The summed E-state index contributed by atoms with van der Waals surface area (Å²) >= 11 is 0. The van der Waals surface area contributed by atoms with Crippen molar-refractivity contribution in [3.8, 4) is 0 Å². The highest BCUT2D eigenvalue weighted by Gasteiger charge is 2.18. The molecule has 0 aromatic carbocycles. The number of esters is 1. The van der Waals surface area contributed by atoms with E-state index in [4.69, 9.17) is 0 Å². The van der Waals surface area contributed by atoms with Crippen molar-refractivity contribution in [1.29, 1.82) is 0 Å². The van der Waals surface area contributed by atoms with Crippen LogP contribution in [-0.4, -0.2) is 43.0 Å². The van der Waals surface area contributed by atoms with Crippen molar-refractivity contribution in [2.24, 2.45) is 0 Å². The molecule has 0 aromatic heterocycles. The number of hydrogen-bond donors (Lipinski definition) is 3. The largest absolute Gasteiger partial charge is 0.456 e. The molecule has 21 heavy (non-hydrogen) atoms. The molecule has 118 valence electrons. The summed E-state index contributed by atoms with van der Waals surface area (Å²) < 4.78 is 4.67. The average Bonchev–Trinajstić information content (AvgIpc) is 2.88. The summed E-state index contributed by atoms with van der Waals surface area (Å²) in [5.41, 5.74) is 0. The third kappa shape index (κ3) is 7.91. The third-order valence-corrected chi connectivity index (χ3v) is 3.01. The van der Waals surface area contributed by atoms with Crippen LogP contribution in [0.1, 0.15) is 39.0 Å². The fourth-order valence-electron chi connectivity index (χ4n) is 2.01.